The Bertz CT molecular complexity index is 347. The second-order valence-corrected chi connectivity index (χ2v) is 7.92. The molecule has 0 bridgehead atoms. The topological polar surface area (TPSA) is 54.4 Å². The van der Waals surface area contributed by atoms with Crippen molar-refractivity contribution < 1.29 is 17.5 Å². The molecule has 0 aromatic rings. The molecule has 0 aliphatic heterocycles. The van der Waals surface area contributed by atoms with Crippen LogP contribution in [0.1, 0.15) is 72.6 Å². The summed E-state index contributed by atoms with van der Waals surface area (Å²) in [4.78, 5) is 0. The normalized spacial score (nSPS) is 14.3. The largest absolute Gasteiger partial charge is 0.321 e. The van der Waals surface area contributed by atoms with Crippen LogP contribution in [0.4, 0.5) is 0 Å². The smallest absolute Gasteiger partial charge is 0.264 e. The Hall–Kier alpha value is -0.130. The molecular formula is C16H36NO3S+. The second-order valence-electron chi connectivity index (χ2n) is 6.35. The van der Waals surface area contributed by atoms with Crippen molar-refractivity contribution in [1.29, 1.82) is 0 Å². The number of rotatable bonds is 13. The van der Waals surface area contributed by atoms with E-state index in [0.717, 1.165) is 23.9 Å². The summed E-state index contributed by atoms with van der Waals surface area (Å²) in [6.07, 6.45) is 7.46. The van der Waals surface area contributed by atoms with Gasteiger partial charge >= 0.3 is 0 Å². The van der Waals surface area contributed by atoms with E-state index in [4.69, 9.17) is 4.55 Å². The molecule has 1 N–H and O–H groups in total. The van der Waals surface area contributed by atoms with Gasteiger partial charge in [-0.05, 0) is 39.0 Å². The Labute approximate surface area is 132 Å². The monoisotopic (exact) mass is 322 g/mol. The maximum absolute atomic E-state index is 10.8. The Morgan fingerprint density at radius 2 is 1.38 bits per heavy atom. The van der Waals surface area contributed by atoms with Crippen molar-refractivity contribution in [3.05, 3.63) is 0 Å². The minimum atomic E-state index is -3.81. The summed E-state index contributed by atoms with van der Waals surface area (Å²) in [6, 6.07) is 0.619. The van der Waals surface area contributed by atoms with Crippen LogP contribution in [0.5, 0.6) is 0 Å². The summed E-state index contributed by atoms with van der Waals surface area (Å²) in [7, 11) is -3.81. The number of hydrogen-bond donors (Lipinski definition) is 1. The van der Waals surface area contributed by atoms with Gasteiger partial charge in [0.25, 0.3) is 10.1 Å². The van der Waals surface area contributed by atoms with E-state index in [2.05, 4.69) is 27.7 Å². The van der Waals surface area contributed by atoms with Gasteiger partial charge in [-0.3, -0.25) is 4.55 Å². The zero-order valence-corrected chi connectivity index (χ0v) is 15.3. The fourth-order valence-electron chi connectivity index (χ4n) is 3.04. The zero-order chi connectivity index (χ0) is 16.4. The highest BCUT2D eigenvalue weighted by Crippen LogP contribution is 2.21. The third-order valence-electron chi connectivity index (χ3n) is 4.70. The maximum atomic E-state index is 10.8. The molecule has 0 rings (SSSR count). The van der Waals surface area contributed by atoms with Crippen molar-refractivity contribution in [2.75, 3.05) is 25.4 Å². The van der Waals surface area contributed by atoms with Crippen LogP contribution < -0.4 is 0 Å². The Morgan fingerprint density at radius 3 is 1.76 bits per heavy atom. The van der Waals surface area contributed by atoms with Crippen LogP contribution >= 0.6 is 0 Å². The fourth-order valence-corrected chi connectivity index (χ4v) is 3.61. The highest BCUT2D eigenvalue weighted by Gasteiger charge is 2.31. The lowest BCUT2D eigenvalue weighted by Gasteiger charge is -2.44. The molecule has 0 amide bonds. The average Bonchev–Trinajstić information content (AvgIpc) is 2.44. The van der Waals surface area contributed by atoms with E-state index in [1.165, 1.54) is 38.8 Å². The number of unbranched alkanes of at least 4 members (excludes halogenated alkanes) is 3. The van der Waals surface area contributed by atoms with Gasteiger partial charge in [-0.15, -0.1) is 0 Å². The standard InChI is InChI=1S/C16H35NO3S/c1-5-8-12-17(13-9-6-2,16(4)7-3)14-10-11-15-21(18,19)20/h16H,5-15H2,1-4H3/p+1. The lowest BCUT2D eigenvalue weighted by molar-refractivity contribution is -0.950. The second kappa shape index (κ2) is 10.6. The van der Waals surface area contributed by atoms with Crippen LogP contribution in [0.2, 0.25) is 0 Å². The van der Waals surface area contributed by atoms with Crippen LogP contribution in [-0.2, 0) is 10.1 Å². The molecule has 0 aromatic heterocycles. The van der Waals surface area contributed by atoms with E-state index in [1.54, 1.807) is 0 Å². The highest BCUT2D eigenvalue weighted by molar-refractivity contribution is 7.85. The third-order valence-corrected chi connectivity index (χ3v) is 5.50. The van der Waals surface area contributed by atoms with Gasteiger partial charge < -0.3 is 4.48 Å². The summed E-state index contributed by atoms with van der Waals surface area (Å²) in [5.41, 5.74) is 0. The van der Waals surface area contributed by atoms with Gasteiger partial charge in [0.2, 0.25) is 0 Å². The van der Waals surface area contributed by atoms with E-state index >= 15 is 0 Å². The molecule has 0 fully saturated rings. The van der Waals surface area contributed by atoms with Crippen molar-refractivity contribution >= 4 is 10.1 Å². The summed E-state index contributed by atoms with van der Waals surface area (Å²) in [5, 5.41) is 0. The Balaban J connectivity index is 4.71. The average molecular weight is 323 g/mol. The van der Waals surface area contributed by atoms with Crippen LogP contribution in [0, 0.1) is 0 Å². The minimum absolute atomic E-state index is 0.102. The molecule has 5 heteroatoms. The van der Waals surface area contributed by atoms with Crippen LogP contribution in [0.15, 0.2) is 0 Å². The maximum Gasteiger partial charge on any atom is 0.264 e. The van der Waals surface area contributed by atoms with Crippen LogP contribution in [0.3, 0.4) is 0 Å². The molecule has 0 spiro atoms. The zero-order valence-electron chi connectivity index (χ0n) is 14.5. The van der Waals surface area contributed by atoms with Gasteiger partial charge in [-0.25, -0.2) is 0 Å². The van der Waals surface area contributed by atoms with Crippen molar-refractivity contribution in [3.8, 4) is 0 Å². The van der Waals surface area contributed by atoms with Gasteiger partial charge in [0.1, 0.15) is 0 Å². The molecular weight excluding hydrogens is 286 g/mol. The number of nitrogens with zero attached hydrogens (tertiary/aromatic N) is 1. The van der Waals surface area contributed by atoms with Crippen molar-refractivity contribution in [2.45, 2.75) is 78.7 Å². The van der Waals surface area contributed by atoms with Gasteiger partial charge in [-0.1, -0.05) is 33.6 Å². The first kappa shape index (κ1) is 20.9. The highest BCUT2D eigenvalue weighted by atomic mass is 32.2. The summed E-state index contributed by atoms with van der Waals surface area (Å²) >= 11 is 0. The molecule has 0 heterocycles. The lowest BCUT2D eigenvalue weighted by Crippen LogP contribution is -2.55. The number of hydrogen-bond acceptors (Lipinski definition) is 2. The molecule has 0 aliphatic carbocycles. The Morgan fingerprint density at radius 1 is 0.905 bits per heavy atom. The van der Waals surface area contributed by atoms with E-state index in [0.29, 0.717) is 12.5 Å². The molecule has 0 aliphatic rings. The lowest BCUT2D eigenvalue weighted by atomic mass is 10.1. The molecule has 128 valence electrons. The predicted molar refractivity (Wildman–Crippen MR) is 90.1 cm³/mol. The van der Waals surface area contributed by atoms with Crippen LogP contribution in [-0.4, -0.2) is 48.9 Å². The van der Waals surface area contributed by atoms with Gasteiger partial charge in [0.15, 0.2) is 0 Å². The van der Waals surface area contributed by atoms with Crippen molar-refractivity contribution in [3.63, 3.8) is 0 Å². The Kier molecular flexibility index (Phi) is 10.5. The first-order valence-corrected chi connectivity index (χ1v) is 10.2. The third kappa shape index (κ3) is 8.79. The van der Waals surface area contributed by atoms with Crippen molar-refractivity contribution in [1.82, 2.24) is 0 Å². The summed E-state index contributed by atoms with van der Waals surface area (Å²) in [6.45, 7) is 12.4. The van der Waals surface area contributed by atoms with Gasteiger partial charge in [0, 0.05) is 0 Å². The van der Waals surface area contributed by atoms with Crippen molar-refractivity contribution in [2.24, 2.45) is 0 Å². The SMILES string of the molecule is CCCC[N+](CCCC)(CCCCS(=O)(=O)O)C(C)CC. The first-order valence-electron chi connectivity index (χ1n) is 8.62. The van der Waals surface area contributed by atoms with E-state index in [-0.39, 0.29) is 5.75 Å². The molecule has 0 aromatic carbocycles. The van der Waals surface area contributed by atoms with E-state index in [1.807, 2.05) is 0 Å². The van der Waals surface area contributed by atoms with Gasteiger partial charge in [-0.2, -0.15) is 8.42 Å². The quantitative estimate of drug-likeness (QED) is 0.318. The molecule has 1 atom stereocenters. The molecule has 0 saturated heterocycles. The van der Waals surface area contributed by atoms with Gasteiger partial charge in [0.05, 0.1) is 31.4 Å². The molecule has 4 nitrogen and oxygen atoms in total. The number of quaternary nitrogens is 1. The summed E-state index contributed by atoms with van der Waals surface area (Å²) < 4.78 is 31.6. The van der Waals surface area contributed by atoms with E-state index in [9.17, 15) is 8.42 Å². The summed E-state index contributed by atoms with van der Waals surface area (Å²) in [5.74, 6) is -0.102. The first-order chi connectivity index (χ1) is 9.81. The predicted octanol–water partition coefficient (Wildman–Crippen LogP) is 3.87. The fraction of sp³-hybridized carbons (Fsp3) is 1.00. The molecule has 21 heavy (non-hydrogen) atoms. The molecule has 0 radical (unpaired) electrons. The van der Waals surface area contributed by atoms with Crippen LogP contribution in [0.25, 0.3) is 0 Å². The molecule has 1 unspecified atom stereocenters. The molecule has 0 saturated carbocycles. The van der Waals surface area contributed by atoms with E-state index < -0.39 is 10.1 Å². The minimum Gasteiger partial charge on any atom is -0.321 e.